The van der Waals surface area contributed by atoms with Gasteiger partial charge in [0.15, 0.2) is 0 Å². The topological polar surface area (TPSA) is 36.4 Å². The van der Waals surface area contributed by atoms with E-state index >= 15 is 0 Å². The van der Waals surface area contributed by atoms with Crippen molar-refractivity contribution in [1.82, 2.24) is 9.88 Å². The molecule has 1 aromatic carbocycles. The summed E-state index contributed by atoms with van der Waals surface area (Å²) in [5.74, 6) is 0.0691. The minimum Gasteiger partial charge on any atom is -0.368 e. The molecule has 26 heavy (non-hydrogen) atoms. The molecule has 1 aliphatic heterocycles. The van der Waals surface area contributed by atoms with Crippen LogP contribution in [-0.2, 0) is 0 Å². The molecule has 1 fully saturated rings. The average molecular weight is 363 g/mol. The van der Waals surface area contributed by atoms with Crippen LogP contribution in [0.25, 0.3) is 10.6 Å². The van der Waals surface area contributed by atoms with Crippen molar-refractivity contribution in [1.29, 1.82) is 0 Å². The number of aryl methyl sites for hydroxylation is 1. The third-order valence-corrected chi connectivity index (χ3v) is 5.70. The Labute approximate surface area is 157 Å². The van der Waals surface area contributed by atoms with Gasteiger partial charge in [-0.2, -0.15) is 0 Å². The number of benzene rings is 1. The number of aromatic nitrogens is 1. The van der Waals surface area contributed by atoms with Crippen LogP contribution in [0.15, 0.2) is 60.1 Å². The van der Waals surface area contributed by atoms with Crippen molar-refractivity contribution in [3.63, 3.8) is 0 Å². The Balaban J connectivity index is 1.41. The Morgan fingerprint density at radius 1 is 1.00 bits per heavy atom. The number of hydrogen-bond donors (Lipinski definition) is 0. The van der Waals surface area contributed by atoms with Gasteiger partial charge in [0.25, 0.3) is 5.91 Å². The molecule has 0 N–H and O–H groups in total. The summed E-state index contributed by atoms with van der Waals surface area (Å²) in [5, 5.41) is 2.03. The molecule has 5 heteroatoms. The van der Waals surface area contributed by atoms with E-state index in [1.54, 1.807) is 17.5 Å². The van der Waals surface area contributed by atoms with Crippen LogP contribution in [0, 0.1) is 6.92 Å². The molecule has 0 unspecified atom stereocenters. The summed E-state index contributed by atoms with van der Waals surface area (Å²) in [6.45, 7) is 5.32. The van der Waals surface area contributed by atoms with E-state index in [1.807, 2.05) is 34.5 Å². The fourth-order valence-electron chi connectivity index (χ4n) is 3.34. The van der Waals surface area contributed by atoms with E-state index in [4.69, 9.17) is 0 Å². The molecule has 0 bridgehead atoms. The minimum atomic E-state index is 0.0691. The molecule has 1 aliphatic rings. The van der Waals surface area contributed by atoms with Crippen molar-refractivity contribution in [3.05, 3.63) is 71.2 Å². The second-order valence-electron chi connectivity index (χ2n) is 6.48. The Hall–Kier alpha value is -2.66. The highest BCUT2D eigenvalue weighted by Gasteiger charge is 2.23. The van der Waals surface area contributed by atoms with E-state index in [-0.39, 0.29) is 5.91 Å². The maximum atomic E-state index is 12.8. The maximum Gasteiger partial charge on any atom is 0.255 e. The molecule has 132 valence electrons. The summed E-state index contributed by atoms with van der Waals surface area (Å²) in [4.78, 5) is 22.6. The zero-order valence-corrected chi connectivity index (χ0v) is 15.6. The molecule has 1 amide bonds. The largest absolute Gasteiger partial charge is 0.368 e. The molecule has 0 spiro atoms. The van der Waals surface area contributed by atoms with E-state index < -0.39 is 0 Å². The van der Waals surface area contributed by atoms with Gasteiger partial charge in [0.2, 0.25) is 0 Å². The van der Waals surface area contributed by atoms with Crippen LogP contribution in [0.1, 0.15) is 15.9 Å². The van der Waals surface area contributed by atoms with Gasteiger partial charge in [0, 0.05) is 38.1 Å². The van der Waals surface area contributed by atoms with Crippen LogP contribution in [0.4, 0.5) is 5.69 Å². The molecule has 1 saturated heterocycles. The summed E-state index contributed by atoms with van der Waals surface area (Å²) in [6.07, 6.45) is 1.70. The first-order chi connectivity index (χ1) is 12.7. The number of rotatable bonds is 3. The first kappa shape index (κ1) is 16.8. The van der Waals surface area contributed by atoms with Crippen LogP contribution in [-0.4, -0.2) is 42.0 Å². The van der Waals surface area contributed by atoms with E-state index in [2.05, 4.69) is 41.1 Å². The first-order valence-electron chi connectivity index (χ1n) is 8.82. The van der Waals surface area contributed by atoms with E-state index in [9.17, 15) is 4.79 Å². The third-order valence-electron chi connectivity index (χ3n) is 4.81. The predicted molar refractivity (Wildman–Crippen MR) is 107 cm³/mol. The Bertz CT molecular complexity index is 882. The molecule has 3 heterocycles. The van der Waals surface area contributed by atoms with Crippen LogP contribution >= 0.6 is 11.3 Å². The lowest BCUT2D eigenvalue weighted by Crippen LogP contribution is -2.49. The van der Waals surface area contributed by atoms with Crippen molar-refractivity contribution in [2.24, 2.45) is 0 Å². The van der Waals surface area contributed by atoms with Crippen LogP contribution in [0.2, 0.25) is 0 Å². The van der Waals surface area contributed by atoms with Gasteiger partial charge >= 0.3 is 0 Å². The van der Waals surface area contributed by atoms with Gasteiger partial charge < -0.3 is 9.80 Å². The zero-order chi connectivity index (χ0) is 17.9. The maximum absolute atomic E-state index is 12.8. The molecule has 0 aliphatic carbocycles. The molecule has 3 aromatic rings. The summed E-state index contributed by atoms with van der Waals surface area (Å²) < 4.78 is 0. The summed E-state index contributed by atoms with van der Waals surface area (Å²) in [6, 6.07) is 16.3. The van der Waals surface area contributed by atoms with Crippen LogP contribution < -0.4 is 4.90 Å². The van der Waals surface area contributed by atoms with Crippen molar-refractivity contribution in [3.8, 4) is 10.6 Å². The quantitative estimate of drug-likeness (QED) is 0.703. The second kappa shape index (κ2) is 7.30. The Kier molecular flexibility index (Phi) is 4.71. The van der Waals surface area contributed by atoms with Crippen molar-refractivity contribution in [2.75, 3.05) is 31.1 Å². The highest BCUT2D eigenvalue weighted by molar-refractivity contribution is 7.13. The number of anilines is 1. The smallest absolute Gasteiger partial charge is 0.255 e. The Morgan fingerprint density at radius 2 is 1.81 bits per heavy atom. The fraction of sp³-hybridized carbons (Fsp3) is 0.238. The van der Waals surface area contributed by atoms with E-state index in [0.717, 1.165) is 36.8 Å². The predicted octanol–water partition coefficient (Wildman–Crippen LogP) is 4.08. The lowest BCUT2D eigenvalue weighted by Gasteiger charge is -2.36. The third kappa shape index (κ3) is 3.35. The van der Waals surface area contributed by atoms with Gasteiger partial charge in [-0.1, -0.05) is 24.3 Å². The lowest BCUT2D eigenvalue weighted by atomic mass is 10.1. The molecule has 4 nitrogen and oxygen atoms in total. The van der Waals surface area contributed by atoms with Crippen LogP contribution in [0.3, 0.4) is 0 Å². The number of nitrogens with zero attached hydrogens (tertiary/aromatic N) is 3. The van der Waals surface area contributed by atoms with Gasteiger partial charge in [-0.15, -0.1) is 11.3 Å². The second-order valence-corrected chi connectivity index (χ2v) is 7.42. The zero-order valence-electron chi connectivity index (χ0n) is 14.8. The van der Waals surface area contributed by atoms with E-state index in [0.29, 0.717) is 5.56 Å². The van der Waals surface area contributed by atoms with Crippen molar-refractivity contribution in [2.45, 2.75) is 6.92 Å². The highest BCUT2D eigenvalue weighted by atomic mass is 32.1. The monoisotopic (exact) mass is 363 g/mol. The number of carbonyl (C=O) groups is 1. The Morgan fingerprint density at radius 3 is 2.46 bits per heavy atom. The number of piperazine rings is 1. The standard InChI is InChI=1S/C21H21N3OS/c1-16-5-2-3-6-19(16)23-10-12-24(13-11-23)21(25)17-8-9-18(22-15-17)20-7-4-14-26-20/h2-9,14-15H,10-13H2,1H3. The summed E-state index contributed by atoms with van der Waals surface area (Å²) in [5.41, 5.74) is 4.12. The van der Waals surface area contributed by atoms with Crippen LogP contribution in [0.5, 0.6) is 0 Å². The molecular formula is C21H21N3OS. The normalized spacial score (nSPS) is 14.5. The molecular weight excluding hydrogens is 342 g/mol. The number of hydrogen-bond acceptors (Lipinski definition) is 4. The van der Waals surface area contributed by atoms with E-state index in [1.165, 1.54) is 11.3 Å². The van der Waals surface area contributed by atoms with Gasteiger partial charge in [-0.05, 0) is 42.1 Å². The minimum absolute atomic E-state index is 0.0691. The van der Waals surface area contributed by atoms with Gasteiger partial charge in [0.1, 0.15) is 0 Å². The SMILES string of the molecule is Cc1ccccc1N1CCN(C(=O)c2ccc(-c3cccs3)nc2)CC1. The van der Waals surface area contributed by atoms with Crippen molar-refractivity contribution >= 4 is 22.9 Å². The van der Waals surface area contributed by atoms with Gasteiger partial charge in [-0.3, -0.25) is 9.78 Å². The number of pyridine rings is 1. The number of thiophene rings is 1. The van der Waals surface area contributed by atoms with Gasteiger partial charge in [0.05, 0.1) is 16.1 Å². The summed E-state index contributed by atoms with van der Waals surface area (Å²) in [7, 11) is 0. The fourth-order valence-corrected chi connectivity index (χ4v) is 4.04. The molecule has 0 atom stereocenters. The average Bonchev–Trinajstić information content (AvgIpc) is 3.23. The lowest BCUT2D eigenvalue weighted by molar-refractivity contribution is 0.0746. The van der Waals surface area contributed by atoms with Crippen molar-refractivity contribution < 1.29 is 4.79 Å². The van der Waals surface area contributed by atoms with Gasteiger partial charge in [-0.25, -0.2) is 0 Å². The molecule has 2 aromatic heterocycles. The molecule has 0 saturated carbocycles. The highest BCUT2D eigenvalue weighted by Crippen LogP contribution is 2.24. The molecule has 4 rings (SSSR count). The number of para-hydroxylation sites is 1. The number of carbonyl (C=O) groups excluding carboxylic acids is 1. The molecule has 0 radical (unpaired) electrons. The summed E-state index contributed by atoms with van der Waals surface area (Å²) >= 11 is 1.65. The number of amides is 1. The first-order valence-corrected chi connectivity index (χ1v) is 9.70.